The van der Waals surface area contributed by atoms with Gasteiger partial charge in [0.25, 0.3) is 0 Å². The second kappa shape index (κ2) is 8.20. The molecule has 4 aliphatic rings. The summed E-state index contributed by atoms with van der Waals surface area (Å²) in [5.41, 5.74) is 0.832. The van der Waals surface area contributed by atoms with Crippen LogP contribution in [0.3, 0.4) is 0 Å². The average molecular weight is 417 g/mol. The van der Waals surface area contributed by atoms with E-state index in [4.69, 9.17) is 0 Å². The highest BCUT2D eigenvalue weighted by atomic mass is 16.3. The van der Waals surface area contributed by atoms with Crippen LogP contribution in [0.25, 0.3) is 0 Å². The lowest BCUT2D eigenvalue weighted by Crippen LogP contribution is -2.58. The lowest BCUT2D eigenvalue weighted by atomic mass is 9.43. The van der Waals surface area contributed by atoms with Gasteiger partial charge in [-0.05, 0) is 104 Å². The summed E-state index contributed by atoms with van der Waals surface area (Å²) in [6.45, 7) is 14.1. The molecular weight excluding hydrogens is 368 g/mol. The van der Waals surface area contributed by atoms with Crippen LogP contribution in [0.4, 0.5) is 0 Å². The lowest BCUT2D eigenvalue weighted by molar-refractivity contribution is -0.168. The molecule has 10 atom stereocenters. The van der Waals surface area contributed by atoms with Crippen LogP contribution >= 0.6 is 0 Å². The third-order valence-corrected chi connectivity index (χ3v) is 11.2. The molecule has 2 nitrogen and oxygen atoms in total. The van der Waals surface area contributed by atoms with Gasteiger partial charge in [0.15, 0.2) is 0 Å². The van der Waals surface area contributed by atoms with Crippen LogP contribution in [0.1, 0.15) is 106 Å². The van der Waals surface area contributed by atoms with Crippen molar-refractivity contribution in [3.05, 3.63) is 0 Å². The zero-order chi connectivity index (χ0) is 21.8. The highest BCUT2D eigenvalue weighted by Crippen LogP contribution is 2.68. The molecule has 2 heteroatoms. The van der Waals surface area contributed by atoms with E-state index in [9.17, 15) is 9.90 Å². The van der Waals surface area contributed by atoms with Crippen LogP contribution in [0.5, 0.6) is 0 Å². The van der Waals surface area contributed by atoms with E-state index in [1.165, 1.54) is 44.9 Å². The Morgan fingerprint density at radius 1 is 0.967 bits per heavy atom. The molecule has 0 bridgehead atoms. The minimum atomic E-state index is -0.0837. The molecule has 0 aromatic rings. The SMILES string of the molecule is CC(C)C(=O)CC[C@@H](C)[C@H]1CC[C@H]2[C@@H]3[C@@H](O)C[C@@H]4C[C@H](C)CC[C@]4(C)[C@H]3CC[C@]12C. The molecular formula is C28H48O2. The van der Waals surface area contributed by atoms with Crippen LogP contribution in [-0.2, 0) is 4.79 Å². The van der Waals surface area contributed by atoms with E-state index in [-0.39, 0.29) is 12.0 Å². The quantitative estimate of drug-likeness (QED) is 0.529. The summed E-state index contributed by atoms with van der Waals surface area (Å²) in [5.74, 6) is 5.47. The number of aliphatic hydroxyl groups is 1. The van der Waals surface area contributed by atoms with Gasteiger partial charge in [-0.15, -0.1) is 0 Å². The molecule has 4 rings (SSSR count). The molecule has 0 spiro atoms. The Morgan fingerprint density at radius 2 is 1.63 bits per heavy atom. The largest absolute Gasteiger partial charge is 0.393 e. The third kappa shape index (κ3) is 3.61. The molecule has 0 aliphatic heterocycles. The van der Waals surface area contributed by atoms with Crippen molar-refractivity contribution in [2.24, 2.45) is 58.2 Å². The summed E-state index contributed by atoms with van der Waals surface area (Å²) in [6, 6.07) is 0. The van der Waals surface area contributed by atoms with Gasteiger partial charge in [-0.3, -0.25) is 4.79 Å². The fourth-order valence-corrected chi connectivity index (χ4v) is 9.27. The molecule has 0 aromatic heterocycles. The zero-order valence-corrected chi connectivity index (χ0v) is 20.6. The number of rotatable bonds is 5. The summed E-state index contributed by atoms with van der Waals surface area (Å²) in [7, 11) is 0. The number of fused-ring (bicyclic) bond motifs is 5. The standard InChI is InChI=1S/C28H48O2/c1-17(2)24(29)10-7-19(4)21-8-9-22-26-23(12-14-28(21,22)6)27(5)13-11-18(3)15-20(27)16-25(26)30/h17-23,25-26,30H,7-16H2,1-6H3/t18-,19-,20+,21-,22+,23+,25+,26+,27+,28-/m1/s1. The van der Waals surface area contributed by atoms with Crippen molar-refractivity contribution < 1.29 is 9.90 Å². The topological polar surface area (TPSA) is 37.3 Å². The molecule has 4 saturated carbocycles. The summed E-state index contributed by atoms with van der Waals surface area (Å²) >= 11 is 0. The van der Waals surface area contributed by atoms with E-state index in [2.05, 4.69) is 27.7 Å². The molecule has 0 radical (unpaired) electrons. The summed E-state index contributed by atoms with van der Waals surface area (Å²) in [5, 5.41) is 11.4. The highest BCUT2D eigenvalue weighted by Gasteiger charge is 2.62. The van der Waals surface area contributed by atoms with Crippen LogP contribution < -0.4 is 0 Å². The summed E-state index contributed by atoms with van der Waals surface area (Å²) in [4.78, 5) is 12.2. The van der Waals surface area contributed by atoms with Crippen molar-refractivity contribution in [2.45, 2.75) is 112 Å². The normalized spacial score (nSPS) is 49.3. The first-order chi connectivity index (χ1) is 14.1. The Balaban J connectivity index is 1.51. The van der Waals surface area contributed by atoms with Gasteiger partial charge >= 0.3 is 0 Å². The van der Waals surface area contributed by atoms with Gasteiger partial charge < -0.3 is 5.11 Å². The number of carbonyl (C=O) groups excluding carboxylic acids is 1. The lowest BCUT2D eigenvalue weighted by Gasteiger charge is -2.62. The molecule has 4 aliphatic carbocycles. The molecule has 0 saturated heterocycles. The van der Waals surface area contributed by atoms with E-state index in [1.54, 1.807) is 0 Å². The monoisotopic (exact) mass is 416 g/mol. The maximum absolute atomic E-state index is 12.2. The summed E-state index contributed by atoms with van der Waals surface area (Å²) in [6.07, 6.45) is 12.2. The highest BCUT2D eigenvalue weighted by molar-refractivity contribution is 5.80. The maximum Gasteiger partial charge on any atom is 0.135 e. The minimum absolute atomic E-state index is 0.0837. The van der Waals surface area contributed by atoms with Crippen molar-refractivity contribution in [3.8, 4) is 0 Å². The van der Waals surface area contributed by atoms with Crippen LogP contribution in [0.2, 0.25) is 0 Å². The van der Waals surface area contributed by atoms with Gasteiger partial charge in [0.05, 0.1) is 6.10 Å². The number of hydrogen-bond acceptors (Lipinski definition) is 2. The number of Topliss-reactive ketones (excluding diaryl/α,β-unsaturated/α-hetero) is 1. The first-order valence-electron chi connectivity index (χ1n) is 13.3. The Labute approximate surface area is 186 Å². The number of aliphatic hydroxyl groups excluding tert-OH is 1. The zero-order valence-electron chi connectivity index (χ0n) is 20.6. The number of hydrogen-bond donors (Lipinski definition) is 1. The molecule has 0 heterocycles. The minimum Gasteiger partial charge on any atom is -0.393 e. The van der Waals surface area contributed by atoms with Gasteiger partial charge in [-0.25, -0.2) is 0 Å². The van der Waals surface area contributed by atoms with Crippen molar-refractivity contribution >= 4 is 5.78 Å². The Bertz CT molecular complexity index is 641. The fraction of sp³-hybridized carbons (Fsp3) is 0.964. The Kier molecular flexibility index (Phi) is 6.23. The first-order valence-corrected chi connectivity index (χ1v) is 13.3. The van der Waals surface area contributed by atoms with Gasteiger partial charge in [-0.2, -0.15) is 0 Å². The molecule has 4 fully saturated rings. The molecule has 0 aromatic carbocycles. The van der Waals surface area contributed by atoms with Crippen molar-refractivity contribution in [3.63, 3.8) is 0 Å². The predicted octanol–water partition coefficient (Wildman–Crippen LogP) is 6.89. The van der Waals surface area contributed by atoms with Gasteiger partial charge in [0.1, 0.15) is 5.78 Å². The molecule has 30 heavy (non-hydrogen) atoms. The fourth-order valence-electron chi connectivity index (χ4n) is 9.27. The van der Waals surface area contributed by atoms with Crippen molar-refractivity contribution in [1.29, 1.82) is 0 Å². The second-order valence-corrected chi connectivity index (χ2v) is 13.0. The van der Waals surface area contributed by atoms with E-state index in [1.807, 2.05) is 13.8 Å². The van der Waals surface area contributed by atoms with Crippen LogP contribution in [0.15, 0.2) is 0 Å². The van der Waals surface area contributed by atoms with Crippen molar-refractivity contribution in [1.82, 2.24) is 0 Å². The predicted molar refractivity (Wildman–Crippen MR) is 124 cm³/mol. The number of ketones is 1. The van der Waals surface area contributed by atoms with Crippen LogP contribution in [-0.4, -0.2) is 17.0 Å². The van der Waals surface area contributed by atoms with E-state index >= 15 is 0 Å². The molecule has 1 N–H and O–H groups in total. The average Bonchev–Trinajstić information content (AvgIpc) is 3.04. The summed E-state index contributed by atoms with van der Waals surface area (Å²) < 4.78 is 0. The smallest absolute Gasteiger partial charge is 0.135 e. The molecule has 0 unspecified atom stereocenters. The van der Waals surface area contributed by atoms with Gasteiger partial charge in [0.2, 0.25) is 0 Å². The molecule has 0 amide bonds. The molecule has 172 valence electrons. The maximum atomic E-state index is 12.2. The first kappa shape index (κ1) is 22.8. The Hall–Kier alpha value is -0.370. The van der Waals surface area contributed by atoms with Crippen LogP contribution in [0, 0.1) is 58.2 Å². The van der Waals surface area contributed by atoms with E-state index in [0.717, 1.165) is 42.9 Å². The Morgan fingerprint density at radius 3 is 2.33 bits per heavy atom. The van der Waals surface area contributed by atoms with E-state index < -0.39 is 0 Å². The van der Waals surface area contributed by atoms with Crippen molar-refractivity contribution in [2.75, 3.05) is 0 Å². The van der Waals surface area contributed by atoms with Gasteiger partial charge in [0, 0.05) is 12.3 Å². The van der Waals surface area contributed by atoms with E-state index in [0.29, 0.717) is 34.4 Å². The second-order valence-electron chi connectivity index (χ2n) is 13.0. The van der Waals surface area contributed by atoms with Gasteiger partial charge in [-0.1, -0.05) is 48.0 Å². The number of carbonyl (C=O) groups is 1. The third-order valence-electron chi connectivity index (χ3n) is 11.2.